The van der Waals surface area contributed by atoms with Gasteiger partial charge in [0.15, 0.2) is 11.6 Å². The molecule has 106 valence electrons. The average Bonchev–Trinajstić information content (AvgIpc) is 2.37. The van der Waals surface area contributed by atoms with Crippen LogP contribution >= 0.6 is 0 Å². The van der Waals surface area contributed by atoms with Crippen molar-refractivity contribution in [3.63, 3.8) is 0 Å². The highest BCUT2D eigenvalue weighted by Crippen LogP contribution is 2.20. The standard InChI is InChI=1S/C16H14F4/c1-9-7-13(17)12(14(18)8-9)6-5-11-4-3-10(2)15(19)16(11)20/h3-4,7-8H,5-6H2,1-2H3. The number of aryl methyl sites for hydroxylation is 3. The summed E-state index contributed by atoms with van der Waals surface area (Å²) in [7, 11) is 0. The van der Waals surface area contributed by atoms with Crippen molar-refractivity contribution in [2.24, 2.45) is 0 Å². The summed E-state index contributed by atoms with van der Waals surface area (Å²) in [4.78, 5) is 0. The molecule has 0 fully saturated rings. The van der Waals surface area contributed by atoms with Crippen molar-refractivity contribution in [1.29, 1.82) is 0 Å². The number of rotatable bonds is 3. The highest BCUT2D eigenvalue weighted by Gasteiger charge is 2.14. The minimum atomic E-state index is -0.946. The normalized spacial score (nSPS) is 10.9. The van der Waals surface area contributed by atoms with E-state index in [4.69, 9.17) is 0 Å². The summed E-state index contributed by atoms with van der Waals surface area (Å²) in [5.74, 6) is -3.17. The Bertz CT molecular complexity index is 624. The molecule has 2 rings (SSSR count). The van der Waals surface area contributed by atoms with E-state index in [1.807, 2.05) is 0 Å². The monoisotopic (exact) mass is 282 g/mol. The maximum atomic E-state index is 13.7. The lowest BCUT2D eigenvalue weighted by molar-refractivity contribution is 0.491. The molecule has 0 N–H and O–H groups in total. The van der Waals surface area contributed by atoms with Crippen LogP contribution < -0.4 is 0 Å². The zero-order valence-electron chi connectivity index (χ0n) is 11.2. The van der Waals surface area contributed by atoms with Crippen LogP contribution in [0.15, 0.2) is 24.3 Å². The first-order chi connectivity index (χ1) is 9.40. The molecular weight excluding hydrogens is 268 g/mol. The predicted octanol–water partition coefficient (Wildman–Crippen LogP) is 4.65. The number of benzene rings is 2. The zero-order valence-corrected chi connectivity index (χ0v) is 11.2. The highest BCUT2D eigenvalue weighted by molar-refractivity contribution is 5.29. The summed E-state index contributed by atoms with van der Waals surface area (Å²) in [6.45, 7) is 3.05. The summed E-state index contributed by atoms with van der Waals surface area (Å²) in [6.07, 6.45) is 0.0251. The van der Waals surface area contributed by atoms with Crippen LogP contribution in [0.3, 0.4) is 0 Å². The van der Waals surface area contributed by atoms with E-state index >= 15 is 0 Å². The SMILES string of the molecule is Cc1cc(F)c(CCc2ccc(C)c(F)c2F)c(F)c1. The fraction of sp³-hybridized carbons (Fsp3) is 0.250. The molecule has 0 saturated heterocycles. The minimum absolute atomic E-state index is 0.0165. The van der Waals surface area contributed by atoms with E-state index in [2.05, 4.69) is 0 Å². The van der Waals surface area contributed by atoms with Gasteiger partial charge >= 0.3 is 0 Å². The summed E-state index contributed by atoms with van der Waals surface area (Å²) in [6, 6.07) is 5.35. The smallest absolute Gasteiger partial charge is 0.162 e. The van der Waals surface area contributed by atoms with E-state index in [0.29, 0.717) is 5.56 Å². The van der Waals surface area contributed by atoms with Gasteiger partial charge in [-0.25, -0.2) is 17.6 Å². The van der Waals surface area contributed by atoms with Crippen molar-refractivity contribution in [2.45, 2.75) is 26.7 Å². The molecule has 0 bridgehead atoms. The van der Waals surface area contributed by atoms with E-state index in [1.165, 1.54) is 31.2 Å². The Morgan fingerprint density at radius 3 is 2.00 bits per heavy atom. The van der Waals surface area contributed by atoms with Gasteiger partial charge in [0.25, 0.3) is 0 Å². The molecular formula is C16H14F4. The van der Waals surface area contributed by atoms with Crippen LogP contribution in [0.25, 0.3) is 0 Å². The van der Waals surface area contributed by atoms with Crippen molar-refractivity contribution < 1.29 is 17.6 Å². The predicted molar refractivity (Wildman–Crippen MR) is 69.6 cm³/mol. The topological polar surface area (TPSA) is 0 Å². The Balaban J connectivity index is 2.24. The number of hydrogen-bond acceptors (Lipinski definition) is 0. The van der Waals surface area contributed by atoms with E-state index in [1.54, 1.807) is 6.92 Å². The van der Waals surface area contributed by atoms with Gasteiger partial charge in [-0.15, -0.1) is 0 Å². The molecule has 20 heavy (non-hydrogen) atoms. The highest BCUT2D eigenvalue weighted by atomic mass is 19.2. The van der Waals surface area contributed by atoms with Gasteiger partial charge in [-0.1, -0.05) is 12.1 Å². The second-order valence-corrected chi connectivity index (χ2v) is 4.88. The molecule has 2 aromatic carbocycles. The van der Waals surface area contributed by atoms with Gasteiger partial charge in [-0.3, -0.25) is 0 Å². The van der Waals surface area contributed by atoms with Gasteiger partial charge in [0.1, 0.15) is 11.6 Å². The third-order valence-corrected chi connectivity index (χ3v) is 3.29. The molecule has 0 spiro atoms. The van der Waals surface area contributed by atoms with Gasteiger partial charge in [0.05, 0.1) is 0 Å². The Hall–Kier alpha value is -1.84. The van der Waals surface area contributed by atoms with Crippen molar-refractivity contribution in [3.8, 4) is 0 Å². The van der Waals surface area contributed by atoms with Gasteiger partial charge in [-0.05, 0) is 55.5 Å². The first kappa shape index (κ1) is 14.6. The van der Waals surface area contributed by atoms with Crippen LogP contribution in [0.2, 0.25) is 0 Å². The molecule has 2 aromatic rings. The largest absolute Gasteiger partial charge is 0.207 e. The Morgan fingerprint density at radius 2 is 1.40 bits per heavy atom. The molecule has 4 heteroatoms. The fourth-order valence-corrected chi connectivity index (χ4v) is 2.11. The van der Waals surface area contributed by atoms with E-state index in [0.717, 1.165) is 0 Å². The van der Waals surface area contributed by atoms with Crippen molar-refractivity contribution in [2.75, 3.05) is 0 Å². The Kier molecular flexibility index (Phi) is 4.12. The molecule has 0 unspecified atom stereocenters. The third kappa shape index (κ3) is 2.84. The van der Waals surface area contributed by atoms with Crippen molar-refractivity contribution >= 4 is 0 Å². The number of halogens is 4. The Labute approximate surface area is 115 Å². The summed E-state index contributed by atoms with van der Waals surface area (Å²) in [5, 5.41) is 0. The first-order valence-corrected chi connectivity index (χ1v) is 6.28. The summed E-state index contributed by atoms with van der Waals surface area (Å²) in [5.41, 5.74) is 0.707. The minimum Gasteiger partial charge on any atom is -0.207 e. The molecule has 0 aromatic heterocycles. The van der Waals surface area contributed by atoms with E-state index < -0.39 is 23.3 Å². The van der Waals surface area contributed by atoms with Crippen LogP contribution in [-0.4, -0.2) is 0 Å². The van der Waals surface area contributed by atoms with E-state index in [9.17, 15) is 17.6 Å². The van der Waals surface area contributed by atoms with Crippen LogP contribution in [0, 0.1) is 37.1 Å². The Morgan fingerprint density at radius 1 is 0.800 bits per heavy atom. The van der Waals surface area contributed by atoms with Gasteiger partial charge in [-0.2, -0.15) is 0 Å². The quantitative estimate of drug-likeness (QED) is 0.719. The summed E-state index contributed by atoms with van der Waals surface area (Å²) >= 11 is 0. The van der Waals surface area contributed by atoms with Gasteiger partial charge in [0.2, 0.25) is 0 Å². The second-order valence-electron chi connectivity index (χ2n) is 4.88. The summed E-state index contributed by atoms with van der Waals surface area (Å²) < 4.78 is 54.4. The lowest BCUT2D eigenvalue weighted by atomic mass is 10.0. The molecule has 0 nitrogen and oxygen atoms in total. The molecule has 0 aliphatic heterocycles. The average molecular weight is 282 g/mol. The van der Waals surface area contributed by atoms with Crippen molar-refractivity contribution in [1.82, 2.24) is 0 Å². The fourth-order valence-electron chi connectivity index (χ4n) is 2.11. The maximum Gasteiger partial charge on any atom is 0.162 e. The lowest BCUT2D eigenvalue weighted by Gasteiger charge is -2.08. The molecule has 0 aliphatic rings. The maximum absolute atomic E-state index is 13.7. The van der Waals surface area contributed by atoms with Crippen LogP contribution in [0.5, 0.6) is 0 Å². The zero-order chi connectivity index (χ0) is 14.9. The molecule has 0 saturated carbocycles. The van der Waals surface area contributed by atoms with Crippen LogP contribution in [0.4, 0.5) is 17.6 Å². The lowest BCUT2D eigenvalue weighted by Crippen LogP contribution is -2.03. The van der Waals surface area contributed by atoms with Gasteiger partial charge in [0, 0.05) is 5.56 Å². The first-order valence-electron chi connectivity index (χ1n) is 6.28. The van der Waals surface area contributed by atoms with Crippen molar-refractivity contribution in [3.05, 3.63) is 69.8 Å². The molecule has 0 aliphatic carbocycles. The number of hydrogen-bond donors (Lipinski definition) is 0. The molecule has 0 heterocycles. The van der Waals surface area contributed by atoms with E-state index in [-0.39, 0.29) is 29.5 Å². The third-order valence-electron chi connectivity index (χ3n) is 3.29. The molecule has 0 amide bonds. The van der Waals surface area contributed by atoms with Gasteiger partial charge < -0.3 is 0 Å². The second kappa shape index (κ2) is 5.65. The molecule has 0 radical (unpaired) electrons. The van der Waals surface area contributed by atoms with Crippen LogP contribution in [0.1, 0.15) is 22.3 Å². The van der Waals surface area contributed by atoms with Crippen LogP contribution in [-0.2, 0) is 12.8 Å². The molecule has 0 atom stereocenters.